The van der Waals surface area contributed by atoms with Crippen molar-refractivity contribution >= 4 is 39.8 Å². The first-order valence-corrected chi connectivity index (χ1v) is 8.42. The molecule has 1 N–H and O–H groups in total. The van der Waals surface area contributed by atoms with Gasteiger partial charge in [-0.15, -0.1) is 0 Å². The minimum atomic E-state index is -0.196. The molecule has 0 aliphatic carbocycles. The number of halogens is 1. The topological polar surface area (TPSA) is 65.5 Å². The van der Waals surface area contributed by atoms with Crippen molar-refractivity contribution in [2.24, 2.45) is 0 Å². The number of piperazine rings is 1. The van der Waals surface area contributed by atoms with E-state index < -0.39 is 0 Å². The predicted molar refractivity (Wildman–Crippen MR) is 96.2 cm³/mol. The first-order valence-electron chi connectivity index (χ1n) is 7.63. The summed E-state index contributed by atoms with van der Waals surface area (Å²) in [6.45, 7) is 2.87. The van der Waals surface area contributed by atoms with E-state index in [0.717, 1.165) is 35.5 Å². The van der Waals surface area contributed by atoms with Crippen LogP contribution in [0.3, 0.4) is 0 Å². The molecular weight excluding hydrogens is 372 g/mol. The van der Waals surface area contributed by atoms with Crippen molar-refractivity contribution in [2.75, 3.05) is 36.4 Å². The second-order valence-corrected chi connectivity index (χ2v) is 6.41. The Bertz CT molecular complexity index is 728. The van der Waals surface area contributed by atoms with Crippen LogP contribution in [0.5, 0.6) is 0 Å². The summed E-state index contributed by atoms with van der Waals surface area (Å²) in [6, 6.07) is 11.0. The van der Waals surface area contributed by atoms with Crippen molar-refractivity contribution in [3.8, 4) is 0 Å². The van der Waals surface area contributed by atoms with Crippen LogP contribution in [-0.2, 0) is 4.79 Å². The summed E-state index contributed by atoms with van der Waals surface area (Å²) in [5.74, 6) is 0.623. The van der Waals surface area contributed by atoms with E-state index in [9.17, 15) is 9.59 Å². The number of carbonyl (C=O) groups excluding carboxylic acids is 2. The number of nitrogens with one attached hydrogen (secondary N) is 1. The third-order valence-electron chi connectivity index (χ3n) is 3.88. The first-order chi connectivity index (χ1) is 11.7. The zero-order valence-corrected chi connectivity index (χ0v) is 14.6. The van der Waals surface area contributed by atoms with Gasteiger partial charge >= 0.3 is 0 Å². The van der Waals surface area contributed by atoms with Crippen LogP contribution in [0.1, 0.15) is 10.4 Å². The maximum Gasteiger partial charge on any atom is 0.257 e. The van der Waals surface area contributed by atoms with Gasteiger partial charge in [0.25, 0.3) is 5.91 Å². The van der Waals surface area contributed by atoms with Crippen LogP contribution in [0, 0.1) is 0 Å². The standard InChI is InChI=1S/C17H17BrN4O2/c18-14-2-1-3-15(10-14)20-17(24)13-4-5-16(19-11-13)22-8-6-21(12-23)7-9-22/h1-5,10-12H,6-9H2,(H,20,24). The van der Waals surface area contributed by atoms with Crippen molar-refractivity contribution in [1.29, 1.82) is 0 Å². The number of anilines is 2. The van der Waals surface area contributed by atoms with Gasteiger partial charge in [-0.3, -0.25) is 9.59 Å². The molecule has 2 heterocycles. The van der Waals surface area contributed by atoms with E-state index in [0.29, 0.717) is 18.7 Å². The number of nitrogens with zero attached hydrogens (tertiary/aromatic N) is 3. The number of hydrogen-bond acceptors (Lipinski definition) is 4. The maximum absolute atomic E-state index is 12.3. The molecule has 0 radical (unpaired) electrons. The fourth-order valence-corrected chi connectivity index (χ4v) is 2.93. The molecule has 2 amide bonds. The van der Waals surface area contributed by atoms with Gasteiger partial charge in [-0.1, -0.05) is 22.0 Å². The normalized spacial score (nSPS) is 14.4. The fourth-order valence-electron chi connectivity index (χ4n) is 2.53. The Balaban J connectivity index is 1.64. The summed E-state index contributed by atoms with van der Waals surface area (Å²) in [7, 11) is 0. The lowest BCUT2D eigenvalue weighted by Crippen LogP contribution is -2.46. The SMILES string of the molecule is O=CN1CCN(c2ccc(C(=O)Nc3cccc(Br)c3)cn2)CC1. The lowest BCUT2D eigenvalue weighted by atomic mass is 10.2. The van der Waals surface area contributed by atoms with Crippen molar-refractivity contribution in [1.82, 2.24) is 9.88 Å². The molecule has 0 unspecified atom stereocenters. The van der Waals surface area contributed by atoms with Gasteiger partial charge in [-0.2, -0.15) is 0 Å². The van der Waals surface area contributed by atoms with Crippen LogP contribution in [0.2, 0.25) is 0 Å². The summed E-state index contributed by atoms with van der Waals surface area (Å²) in [5, 5.41) is 2.84. The Morgan fingerprint density at radius 1 is 1.17 bits per heavy atom. The molecule has 3 rings (SSSR count). The number of amides is 2. The number of pyridine rings is 1. The quantitative estimate of drug-likeness (QED) is 0.816. The van der Waals surface area contributed by atoms with Gasteiger partial charge in [-0.25, -0.2) is 4.98 Å². The molecule has 1 fully saturated rings. The summed E-state index contributed by atoms with van der Waals surface area (Å²) in [6.07, 6.45) is 2.45. The van der Waals surface area contributed by atoms with Crippen LogP contribution in [0.15, 0.2) is 47.1 Å². The van der Waals surface area contributed by atoms with Gasteiger partial charge in [-0.05, 0) is 30.3 Å². The molecule has 7 heteroatoms. The molecule has 0 bridgehead atoms. The fraction of sp³-hybridized carbons (Fsp3) is 0.235. The molecule has 24 heavy (non-hydrogen) atoms. The Kier molecular flexibility index (Phi) is 5.10. The Hall–Kier alpha value is -2.41. The highest BCUT2D eigenvalue weighted by atomic mass is 79.9. The third kappa shape index (κ3) is 3.91. The molecule has 124 valence electrons. The lowest BCUT2D eigenvalue weighted by Gasteiger charge is -2.33. The van der Waals surface area contributed by atoms with Crippen LogP contribution in [0.25, 0.3) is 0 Å². The predicted octanol–water partition coefficient (Wildman–Crippen LogP) is 2.37. The molecule has 1 aliphatic heterocycles. The zero-order valence-electron chi connectivity index (χ0n) is 13.0. The molecular formula is C17H17BrN4O2. The first kappa shape index (κ1) is 16.4. The van der Waals surface area contributed by atoms with Crippen molar-refractivity contribution in [3.63, 3.8) is 0 Å². The molecule has 1 saturated heterocycles. The summed E-state index contributed by atoms with van der Waals surface area (Å²) in [4.78, 5) is 31.2. The minimum absolute atomic E-state index is 0.196. The second-order valence-electron chi connectivity index (χ2n) is 5.50. The van der Waals surface area contributed by atoms with E-state index >= 15 is 0 Å². The molecule has 0 atom stereocenters. The molecule has 1 aromatic heterocycles. The maximum atomic E-state index is 12.3. The van der Waals surface area contributed by atoms with E-state index in [1.165, 1.54) is 0 Å². The number of benzene rings is 1. The van der Waals surface area contributed by atoms with Crippen LogP contribution in [-0.4, -0.2) is 48.4 Å². The molecule has 1 aliphatic rings. The van der Waals surface area contributed by atoms with Crippen LogP contribution >= 0.6 is 15.9 Å². The number of rotatable bonds is 4. The van der Waals surface area contributed by atoms with E-state index in [-0.39, 0.29) is 5.91 Å². The number of aromatic nitrogens is 1. The zero-order chi connectivity index (χ0) is 16.9. The highest BCUT2D eigenvalue weighted by Crippen LogP contribution is 2.17. The van der Waals surface area contributed by atoms with Crippen LogP contribution < -0.4 is 10.2 Å². The largest absolute Gasteiger partial charge is 0.353 e. The van der Waals surface area contributed by atoms with E-state index in [1.54, 1.807) is 17.2 Å². The Morgan fingerprint density at radius 2 is 1.96 bits per heavy atom. The van der Waals surface area contributed by atoms with E-state index in [2.05, 4.69) is 31.1 Å². The van der Waals surface area contributed by atoms with Gasteiger partial charge in [0.1, 0.15) is 5.82 Å². The average Bonchev–Trinajstić information content (AvgIpc) is 2.62. The van der Waals surface area contributed by atoms with Crippen molar-refractivity contribution in [2.45, 2.75) is 0 Å². The van der Waals surface area contributed by atoms with E-state index in [4.69, 9.17) is 0 Å². The van der Waals surface area contributed by atoms with Crippen molar-refractivity contribution < 1.29 is 9.59 Å². The van der Waals surface area contributed by atoms with Crippen LogP contribution in [0.4, 0.5) is 11.5 Å². The molecule has 0 saturated carbocycles. The summed E-state index contributed by atoms with van der Waals surface area (Å²) in [5.41, 5.74) is 1.23. The Morgan fingerprint density at radius 3 is 2.58 bits per heavy atom. The molecule has 6 nitrogen and oxygen atoms in total. The van der Waals surface area contributed by atoms with Gasteiger partial charge in [0.2, 0.25) is 6.41 Å². The van der Waals surface area contributed by atoms with Gasteiger partial charge < -0.3 is 15.1 Å². The third-order valence-corrected chi connectivity index (χ3v) is 4.37. The highest BCUT2D eigenvalue weighted by Gasteiger charge is 2.17. The minimum Gasteiger partial charge on any atom is -0.353 e. The molecule has 1 aromatic carbocycles. The van der Waals surface area contributed by atoms with Gasteiger partial charge in [0, 0.05) is 42.5 Å². The van der Waals surface area contributed by atoms with Gasteiger partial charge in [0.15, 0.2) is 0 Å². The number of hydrogen-bond donors (Lipinski definition) is 1. The highest BCUT2D eigenvalue weighted by molar-refractivity contribution is 9.10. The molecule has 0 spiro atoms. The smallest absolute Gasteiger partial charge is 0.257 e. The molecule has 2 aromatic rings. The summed E-state index contributed by atoms with van der Waals surface area (Å²) < 4.78 is 0.906. The van der Waals surface area contributed by atoms with Crippen molar-refractivity contribution in [3.05, 3.63) is 52.6 Å². The number of carbonyl (C=O) groups is 2. The monoisotopic (exact) mass is 388 g/mol. The summed E-state index contributed by atoms with van der Waals surface area (Å²) >= 11 is 3.38. The second kappa shape index (κ2) is 7.44. The van der Waals surface area contributed by atoms with Gasteiger partial charge in [0.05, 0.1) is 5.56 Å². The van der Waals surface area contributed by atoms with E-state index in [1.807, 2.05) is 30.3 Å². The average molecular weight is 389 g/mol. The Labute approximate surface area is 148 Å². The lowest BCUT2D eigenvalue weighted by molar-refractivity contribution is -0.118.